The Balaban J connectivity index is 1.57. The molecule has 1 fully saturated rings. The van der Waals surface area contributed by atoms with Crippen molar-refractivity contribution in [3.8, 4) is 0 Å². The van der Waals surface area contributed by atoms with Crippen LogP contribution in [0.3, 0.4) is 0 Å². The van der Waals surface area contributed by atoms with Gasteiger partial charge in [-0.1, -0.05) is 30.3 Å². The van der Waals surface area contributed by atoms with Gasteiger partial charge in [0.25, 0.3) is 0 Å². The van der Waals surface area contributed by atoms with Gasteiger partial charge in [-0.05, 0) is 44.6 Å². The molecule has 1 aromatic carbocycles. The summed E-state index contributed by atoms with van der Waals surface area (Å²) in [7, 11) is 1.53. The highest BCUT2D eigenvalue weighted by atomic mass is 16.5. The molecule has 2 aliphatic rings. The van der Waals surface area contributed by atoms with Gasteiger partial charge in [-0.2, -0.15) is 0 Å². The summed E-state index contributed by atoms with van der Waals surface area (Å²) >= 11 is 0. The molecule has 0 aliphatic carbocycles. The minimum atomic E-state index is -0.158. The van der Waals surface area contributed by atoms with E-state index >= 15 is 0 Å². The normalized spacial score (nSPS) is 18.4. The topological polar surface area (TPSA) is 75.6 Å². The molecule has 2 aromatic rings. The predicted octanol–water partition coefficient (Wildman–Crippen LogP) is 3.01. The van der Waals surface area contributed by atoms with Gasteiger partial charge in [0.05, 0.1) is 6.04 Å². The summed E-state index contributed by atoms with van der Waals surface area (Å²) in [5, 5.41) is 0. The number of benzene rings is 1. The van der Waals surface area contributed by atoms with Crippen LogP contribution in [0.15, 0.2) is 30.3 Å². The molecule has 1 aromatic heterocycles. The smallest absolute Gasteiger partial charge is 0.249 e. The lowest BCUT2D eigenvalue weighted by molar-refractivity contribution is -0.136. The van der Waals surface area contributed by atoms with Crippen molar-refractivity contribution >= 4 is 17.6 Å². The Bertz CT molecular complexity index is 947. The van der Waals surface area contributed by atoms with E-state index in [-0.39, 0.29) is 24.5 Å². The Morgan fingerprint density at radius 1 is 1.19 bits per heavy atom. The van der Waals surface area contributed by atoms with E-state index in [1.54, 1.807) is 0 Å². The second kappa shape index (κ2) is 9.56. The zero-order chi connectivity index (χ0) is 21.8. The van der Waals surface area contributed by atoms with E-state index in [0.717, 1.165) is 42.8 Å². The number of aryl methyl sites for hydroxylation is 2. The van der Waals surface area contributed by atoms with Crippen LogP contribution in [-0.4, -0.2) is 53.5 Å². The summed E-state index contributed by atoms with van der Waals surface area (Å²) < 4.78 is 5.04. The number of rotatable bonds is 7. The Morgan fingerprint density at radius 2 is 2.00 bits per heavy atom. The van der Waals surface area contributed by atoms with E-state index in [1.807, 2.05) is 34.9 Å². The number of ether oxygens (including phenoxy) is 1. The number of amides is 2. The monoisotopic (exact) mass is 422 g/mol. The molecule has 1 atom stereocenters. The minimum absolute atomic E-state index is 0.0419. The van der Waals surface area contributed by atoms with E-state index in [4.69, 9.17) is 14.7 Å². The third-order valence-electron chi connectivity index (χ3n) is 6.18. The van der Waals surface area contributed by atoms with Gasteiger partial charge in [0, 0.05) is 37.9 Å². The molecule has 31 heavy (non-hydrogen) atoms. The summed E-state index contributed by atoms with van der Waals surface area (Å²) in [5.74, 6) is 1.45. The van der Waals surface area contributed by atoms with Gasteiger partial charge in [0.1, 0.15) is 12.4 Å². The maximum absolute atomic E-state index is 12.8. The highest BCUT2D eigenvalue weighted by Crippen LogP contribution is 2.34. The first-order chi connectivity index (χ1) is 15.1. The Hall–Kier alpha value is -2.80. The number of carbonyl (C=O) groups excluding carboxylic acids is 2. The van der Waals surface area contributed by atoms with Crippen LogP contribution >= 0.6 is 0 Å². The van der Waals surface area contributed by atoms with Crippen molar-refractivity contribution in [2.24, 2.45) is 0 Å². The fraction of sp³-hybridized carbons (Fsp3) is 0.500. The second-order valence-corrected chi connectivity index (χ2v) is 8.28. The molecule has 4 rings (SSSR count). The van der Waals surface area contributed by atoms with E-state index in [1.165, 1.54) is 12.7 Å². The van der Waals surface area contributed by atoms with Crippen molar-refractivity contribution in [1.82, 2.24) is 14.9 Å². The third kappa shape index (κ3) is 4.61. The van der Waals surface area contributed by atoms with E-state index < -0.39 is 0 Å². The van der Waals surface area contributed by atoms with Crippen LogP contribution in [0.25, 0.3) is 0 Å². The van der Waals surface area contributed by atoms with Crippen molar-refractivity contribution in [1.29, 1.82) is 0 Å². The first-order valence-electron chi connectivity index (χ1n) is 11.1. The zero-order valence-corrected chi connectivity index (χ0v) is 18.3. The molecule has 1 saturated heterocycles. The van der Waals surface area contributed by atoms with Crippen LogP contribution in [0.4, 0.5) is 5.82 Å². The van der Waals surface area contributed by atoms with Gasteiger partial charge >= 0.3 is 0 Å². The number of aromatic nitrogens is 2. The molecular weight excluding hydrogens is 392 g/mol. The summed E-state index contributed by atoms with van der Waals surface area (Å²) in [6, 6.07) is 10.2. The summed E-state index contributed by atoms with van der Waals surface area (Å²) in [4.78, 5) is 38.5. The molecule has 0 unspecified atom stereocenters. The molecule has 7 heteroatoms. The van der Waals surface area contributed by atoms with Crippen molar-refractivity contribution in [3.05, 3.63) is 53.0 Å². The number of anilines is 1. The van der Waals surface area contributed by atoms with E-state index in [0.29, 0.717) is 31.8 Å². The lowest BCUT2D eigenvalue weighted by Gasteiger charge is -2.31. The number of nitrogens with zero attached hydrogens (tertiary/aromatic N) is 4. The zero-order valence-electron chi connectivity index (χ0n) is 18.3. The van der Waals surface area contributed by atoms with Crippen LogP contribution in [0.5, 0.6) is 0 Å². The fourth-order valence-corrected chi connectivity index (χ4v) is 4.61. The highest BCUT2D eigenvalue weighted by molar-refractivity contribution is 5.95. The molecule has 0 bridgehead atoms. The molecule has 164 valence electrons. The number of likely N-dealkylation sites (tertiary alicyclic amines) is 1. The summed E-state index contributed by atoms with van der Waals surface area (Å²) in [6.07, 6.45) is 4.69. The number of fused-ring (bicyclic) bond motifs is 1. The summed E-state index contributed by atoms with van der Waals surface area (Å²) in [5.41, 5.74) is 3.23. The molecule has 0 N–H and O–H groups in total. The molecule has 0 spiro atoms. The maximum atomic E-state index is 12.8. The van der Waals surface area contributed by atoms with Crippen LogP contribution in [0, 0.1) is 6.92 Å². The third-order valence-corrected chi connectivity index (χ3v) is 6.18. The number of carbonyl (C=O) groups is 2. The van der Waals surface area contributed by atoms with Crippen molar-refractivity contribution in [2.45, 2.75) is 51.5 Å². The average molecular weight is 423 g/mol. The molecule has 2 amide bonds. The Morgan fingerprint density at radius 3 is 2.77 bits per heavy atom. The highest BCUT2D eigenvalue weighted by Gasteiger charge is 2.34. The molecule has 0 radical (unpaired) electrons. The van der Waals surface area contributed by atoms with Crippen LogP contribution in [0.1, 0.15) is 54.4 Å². The Labute approximate surface area is 183 Å². The number of methoxy groups -OCH3 is 1. The SMILES string of the molecule is COCC(=O)N1CCC[C@H]1c1nc(C)c2c(n1)N(CCCc1ccccc1)C(=O)CC2. The molecule has 0 saturated carbocycles. The largest absolute Gasteiger partial charge is 0.375 e. The molecule has 3 heterocycles. The number of hydrogen-bond acceptors (Lipinski definition) is 5. The fourth-order valence-electron chi connectivity index (χ4n) is 4.61. The van der Waals surface area contributed by atoms with Gasteiger partial charge in [-0.15, -0.1) is 0 Å². The van der Waals surface area contributed by atoms with Crippen LogP contribution < -0.4 is 4.90 Å². The molecular formula is C24H30N4O3. The Kier molecular flexibility index (Phi) is 6.61. The van der Waals surface area contributed by atoms with Crippen LogP contribution in [0.2, 0.25) is 0 Å². The molecule has 2 aliphatic heterocycles. The lowest BCUT2D eigenvalue weighted by Crippen LogP contribution is -2.39. The second-order valence-electron chi connectivity index (χ2n) is 8.28. The lowest BCUT2D eigenvalue weighted by atomic mass is 10.0. The predicted molar refractivity (Wildman–Crippen MR) is 118 cm³/mol. The van der Waals surface area contributed by atoms with Crippen LogP contribution in [-0.2, 0) is 27.2 Å². The first kappa shape index (κ1) is 21.4. The molecule has 7 nitrogen and oxygen atoms in total. The van der Waals surface area contributed by atoms with Gasteiger partial charge in [0.2, 0.25) is 11.8 Å². The van der Waals surface area contributed by atoms with Gasteiger partial charge in [-0.25, -0.2) is 9.97 Å². The van der Waals surface area contributed by atoms with Gasteiger partial charge in [0.15, 0.2) is 5.82 Å². The van der Waals surface area contributed by atoms with Gasteiger partial charge in [-0.3, -0.25) is 14.5 Å². The maximum Gasteiger partial charge on any atom is 0.249 e. The first-order valence-corrected chi connectivity index (χ1v) is 11.1. The van der Waals surface area contributed by atoms with Gasteiger partial charge < -0.3 is 9.64 Å². The number of hydrogen-bond donors (Lipinski definition) is 0. The van der Waals surface area contributed by atoms with Crippen molar-refractivity contribution < 1.29 is 14.3 Å². The van der Waals surface area contributed by atoms with Crippen molar-refractivity contribution in [2.75, 3.05) is 31.7 Å². The van der Waals surface area contributed by atoms with Crippen molar-refractivity contribution in [3.63, 3.8) is 0 Å². The standard InChI is InChI=1S/C24H30N4O3/c1-17-19-12-13-21(29)28(15-6-10-18-8-4-3-5-9-18)24(19)26-23(25-17)20-11-7-14-27(20)22(30)16-31-2/h3-5,8-9,20H,6-7,10-16H2,1-2H3/t20-/m0/s1. The quantitative estimate of drug-likeness (QED) is 0.686. The average Bonchev–Trinajstić information content (AvgIpc) is 3.26. The minimum Gasteiger partial charge on any atom is -0.375 e. The van der Waals surface area contributed by atoms with E-state index in [9.17, 15) is 9.59 Å². The van der Waals surface area contributed by atoms with E-state index in [2.05, 4.69) is 12.1 Å². The summed E-state index contributed by atoms with van der Waals surface area (Å²) in [6.45, 7) is 3.36.